The van der Waals surface area contributed by atoms with Gasteiger partial charge in [-0.15, -0.1) is 0 Å². The van der Waals surface area contributed by atoms with Crippen molar-refractivity contribution in [2.45, 2.75) is 13.5 Å². The van der Waals surface area contributed by atoms with Crippen LogP contribution in [0.5, 0.6) is 0 Å². The van der Waals surface area contributed by atoms with E-state index in [0.29, 0.717) is 11.3 Å². The number of carbonyl (C=O) groups is 1. The number of benzene rings is 2. The fourth-order valence-electron chi connectivity index (χ4n) is 3.40. The molecule has 4 aromatic rings. The Hall–Kier alpha value is -4.33. The summed E-state index contributed by atoms with van der Waals surface area (Å²) in [6.07, 6.45) is 1.55. The number of nitrogens with one attached hydrogen (secondary N) is 1. The fourth-order valence-corrected chi connectivity index (χ4v) is 3.40. The second kappa shape index (κ2) is 8.19. The van der Waals surface area contributed by atoms with Crippen LogP contribution >= 0.6 is 0 Å². The molecule has 4 rings (SSSR count). The number of nitro groups is 1. The zero-order valence-electron chi connectivity index (χ0n) is 16.6. The van der Waals surface area contributed by atoms with E-state index in [9.17, 15) is 19.7 Å². The first kappa shape index (κ1) is 20.0. The van der Waals surface area contributed by atoms with Crippen LogP contribution in [-0.2, 0) is 6.54 Å². The Morgan fingerprint density at radius 2 is 1.90 bits per heavy atom. The van der Waals surface area contributed by atoms with E-state index in [1.165, 1.54) is 22.8 Å². The van der Waals surface area contributed by atoms with Crippen molar-refractivity contribution in [1.29, 1.82) is 0 Å². The molecule has 0 fully saturated rings. The lowest BCUT2D eigenvalue weighted by molar-refractivity contribution is -0.384. The van der Waals surface area contributed by atoms with E-state index in [-0.39, 0.29) is 17.8 Å². The SMILES string of the molecule is Cc1cc(NC(=O)c2cccn(Cc3cccc([N+](=O)[O-])c3)c2=O)c2ccccc2n1. The molecule has 0 bridgehead atoms. The summed E-state index contributed by atoms with van der Waals surface area (Å²) in [6, 6.07) is 18.3. The zero-order chi connectivity index (χ0) is 22.0. The normalized spacial score (nSPS) is 10.7. The van der Waals surface area contributed by atoms with Gasteiger partial charge in [0.2, 0.25) is 0 Å². The van der Waals surface area contributed by atoms with E-state index in [1.54, 1.807) is 30.5 Å². The molecule has 0 spiro atoms. The summed E-state index contributed by atoms with van der Waals surface area (Å²) in [5, 5.41) is 14.6. The van der Waals surface area contributed by atoms with E-state index in [2.05, 4.69) is 10.3 Å². The van der Waals surface area contributed by atoms with Crippen molar-refractivity contribution in [1.82, 2.24) is 9.55 Å². The summed E-state index contributed by atoms with van der Waals surface area (Å²) in [7, 11) is 0. The molecule has 31 heavy (non-hydrogen) atoms. The van der Waals surface area contributed by atoms with Crippen molar-refractivity contribution >= 4 is 28.2 Å². The number of aromatic nitrogens is 2. The number of rotatable bonds is 5. The molecule has 0 aliphatic heterocycles. The van der Waals surface area contributed by atoms with Crippen LogP contribution in [0.15, 0.2) is 77.7 Å². The van der Waals surface area contributed by atoms with Crippen molar-refractivity contribution in [2.75, 3.05) is 5.32 Å². The molecule has 2 aromatic carbocycles. The molecule has 0 aliphatic rings. The summed E-state index contributed by atoms with van der Waals surface area (Å²) >= 11 is 0. The number of fused-ring (bicyclic) bond motifs is 1. The predicted molar refractivity (Wildman–Crippen MR) is 117 cm³/mol. The van der Waals surface area contributed by atoms with Gasteiger partial charge in [-0.1, -0.05) is 30.3 Å². The van der Waals surface area contributed by atoms with E-state index in [1.807, 2.05) is 31.2 Å². The van der Waals surface area contributed by atoms with Crippen molar-refractivity contribution in [2.24, 2.45) is 0 Å². The van der Waals surface area contributed by atoms with Gasteiger partial charge < -0.3 is 9.88 Å². The predicted octanol–water partition coefficient (Wildman–Crippen LogP) is 3.91. The minimum atomic E-state index is -0.533. The Morgan fingerprint density at radius 3 is 2.71 bits per heavy atom. The third-order valence-corrected chi connectivity index (χ3v) is 4.83. The Bertz CT molecular complexity index is 1380. The van der Waals surface area contributed by atoms with Crippen LogP contribution < -0.4 is 10.9 Å². The maximum absolute atomic E-state index is 12.9. The second-order valence-corrected chi connectivity index (χ2v) is 7.06. The molecule has 1 amide bonds. The highest BCUT2D eigenvalue weighted by Gasteiger charge is 2.15. The largest absolute Gasteiger partial charge is 0.321 e. The molecule has 0 saturated heterocycles. The highest BCUT2D eigenvalue weighted by Crippen LogP contribution is 2.23. The molecule has 2 aromatic heterocycles. The minimum absolute atomic E-state index is 0.0218. The maximum Gasteiger partial charge on any atom is 0.269 e. The smallest absolute Gasteiger partial charge is 0.269 e. The lowest BCUT2D eigenvalue weighted by atomic mass is 10.1. The lowest BCUT2D eigenvalue weighted by Gasteiger charge is -2.11. The topological polar surface area (TPSA) is 107 Å². The van der Waals surface area contributed by atoms with Gasteiger partial charge in [0.05, 0.1) is 22.7 Å². The van der Waals surface area contributed by atoms with Crippen LogP contribution in [0.1, 0.15) is 21.6 Å². The highest BCUT2D eigenvalue weighted by atomic mass is 16.6. The van der Waals surface area contributed by atoms with Gasteiger partial charge >= 0.3 is 0 Å². The summed E-state index contributed by atoms with van der Waals surface area (Å²) < 4.78 is 1.35. The standard InChI is InChI=1S/C23H18N4O4/c1-15-12-21(18-8-2-3-10-20(18)24-15)25-22(28)19-9-5-11-26(23(19)29)14-16-6-4-7-17(13-16)27(30)31/h2-13H,14H2,1H3,(H,24,25,28). The highest BCUT2D eigenvalue weighted by molar-refractivity contribution is 6.08. The molecule has 2 heterocycles. The van der Waals surface area contributed by atoms with Crippen molar-refractivity contribution in [3.8, 4) is 0 Å². The average Bonchev–Trinajstić information content (AvgIpc) is 2.75. The fraction of sp³-hybridized carbons (Fsp3) is 0.0870. The number of non-ortho nitro benzene ring substituents is 1. The maximum atomic E-state index is 12.9. The zero-order valence-corrected chi connectivity index (χ0v) is 16.6. The summed E-state index contributed by atoms with van der Waals surface area (Å²) in [5.74, 6) is -0.533. The van der Waals surface area contributed by atoms with Crippen LogP contribution in [0, 0.1) is 17.0 Å². The number of aryl methyl sites for hydroxylation is 1. The molecular formula is C23H18N4O4. The van der Waals surface area contributed by atoms with Crippen LogP contribution in [0.3, 0.4) is 0 Å². The van der Waals surface area contributed by atoms with Crippen LogP contribution in [0.25, 0.3) is 10.9 Å². The number of nitrogens with zero attached hydrogens (tertiary/aromatic N) is 3. The third-order valence-electron chi connectivity index (χ3n) is 4.83. The lowest BCUT2D eigenvalue weighted by Crippen LogP contribution is -2.29. The third kappa shape index (κ3) is 4.18. The van der Waals surface area contributed by atoms with Gasteiger partial charge in [0.25, 0.3) is 17.2 Å². The minimum Gasteiger partial charge on any atom is -0.321 e. The van der Waals surface area contributed by atoms with E-state index in [4.69, 9.17) is 0 Å². The first-order valence-electron chi connectivity index (χ1n) is 9.53. The van der Waals surface area contributed by atoms with Crippen LogP contribution in [0.2, 0.25) is 0 Å². The Labute approximate surface area is 176 Å². The molecule has 154 valence electrons. The number of hydrogen-bond acceptors (Lipinski definition) is 5. The second-order valence-electron chi connectivity index (χ2n) is 7.06. The number of pyridine rings is 2. The van der Waals surface area contributed by atoms with Gasteiger partial charge in [0, 0.05) is 29.4 Å². The summed E-state index contributed by atoms with van der Waals surface area (Å²) in [5.41, 5.74) is 2.08. The van der Waals surface area contributed by atoms with Crippen molar-refractivity contribution in [3.63, 3.8) is 0 Å². The summed E-state index contributed by atoms with van der Waals surface area (Å²) in [6.45, 7) is 1.94. The molecular weight excluding hydrogens is 396 g/mol. The first-order chi connectivity index (χ1) is 14.9. The summed E-state index contributed by atoms with van der Waals surface area (Å²) in [4.78, 5) is 40.8. The van der Waals surface area contributed by atoms with Gasteiger partial charge in [-0.3, -0.25) is 24.7 Å². The molecule has 8 nitrogen and oxygen atoms in total. The quantitative estimate of drug-likeness (QED) is 0.393. The van der Waals surface area contributed by atoms with Gasteiger partial charge in [0.1, 0.15) is 5.56 Å². The van der Waals surface area contributed by atoms with Crippen LogP contribution in [-0.4, -0.2) is 20.4 Å². The number of amides is 1. The van der Waals surface area contributed by atoms with Crippen molar-refractivity contribution < 1.29 is 9.72 Å². The first-order valence-corrected chi connectivity index (χ1v) is 9.53. The van der Waals surface area contributed by atoms with Gasteiger partial charge in [-0.05, 0) is 36.8 Å². The molecule has 0 atom stereocenters. The number of hydrogen-bond donors (Lipinski definition) is 1. The molecule has 0 unspecified atom stereocenters. The Kier molecular flexibility index (Phi) is 5.28. The van der Waals surface area contributed by atoms with E-state index in [0.717, 1.165) is 16.6 Å². The van der Waals surface area contributed by atoms with E-state index >= 15 is 0 Å². The molecule has 1 N–H and O–H groups in total. The number of nitro benzene ring substituents is 1. The van der Waals surface area contributed by atoms with Gasteiger partial charge in [-0.2, -0.15) is 0 Å². The molecule has 0 radical (unpaired) electrons. The van der Waals surface area contributed by atoms with Crippen molar-refractivity contribution in [3.05, 3.63) is 110 Å². The van der Waals surface area contributed by atoms with E-state index < -0.39 is 16.4 Å². The van der Waals surface area contributed by atoms with Gasteiger partial charge in [0.15, 0.2) is 0 Å². The van der Waals surface area contributed by atoms with Gasteiger partial charge in [-0.25, -0.2) is 0 Å². The number of carbonyl (C=O) groups excluding carboxylic acids is 1. The number of para-hydroxylation sites is 1. The van der Waals surface area contributed by atoms with Crippen LogP contribution in [0.4, 0.5) is 11.4 Å². The molecule has 0 saturated carbocycles. The number of anilines is 1. The monoisotopic (exact) mass is 414 g/mol. The average molecular weight is 414 g/mol. The Balaban J connectivity index is 1.64. The molecule has 0 aliphatic carbocycles. The molecule has 8 heteroatoms. The Morgan fingerprint density at radius 1 is 1.10 bits per heavy atom.